The molecule has 1 rings (SSSR count). The number of aliphatic carboxylic acids is 1. The fourth-order valence-corrected chi connectivity index (χ4v) is 1.31. The molecule has 0 bridgehead atoms. The first-order chi connectivity index (χ1) is 6.11. The van der Waals surface area contributed by atoms with Crippen LogP contribution in [0.2, 0.25) is 0 Å². The van der Waals surface area contributed by atoms with Gasteiger partial charge in [0.2, 0.25) is 0 Å². The number of hydrogen-bond acceptors (Lipinski definition) is 2. The van der Waals surface area contributed by atoms with Gasteiger partial charge in [0.1, 0.15) is 0 Å². The number of rotatable bonds is 6. The molecule has 0 aromatic carbocycles. The van der Waals surface area contributed by atoms with Crippen molar-refractivity contribution in [1.82, 2.24) is 5.32 Å². The molecule has 3 nitrogen and oxygen atoms in total. The zero-order valence-corrected chi connectivity index (χ0v) is 8.42. The van der Waals surface area contributed by atoms with Crippen molar-refractivity contribution < 1.29 is 9.90 Å². The van der Waals surface area contributed by atoms with Crippen molar-refractivity contribution in [1.29, 1.82) is 0 Å². The van der Waals surface area contributed by atoms with Crippen LogP contribution in [-0.4, -0.2) is 23.7 Å². The van der Waals surface area contributed by atoms with Crippen LogP contribution in [0.15, 0.2) is 0 Å². The lowest BCUT2D eigenvalue weighted by Crippen LogP contribution is -2.36. The third-order valence-electron chi connectivity index (χ3n) is 2.86. The predicted octanol–water partition coefficient (Wildman–Crippen LogP) is 1.49. The van der Waals surface area contributed by atoms with Gasteiger partial charge >= 0.3 is 5.97 Å². The van der Waals surface area contributed by atoms with Gasteiger partial charge < -0.3 is 10.4 Å². The molecule has 3 heteroatoms. The number of carbonyl (C=O) groups is 1. The molecule has 0 aliphatic heterocycles. The molecule has 0 heterocycles. The molecule has 1 aliphatic carbocycles. The lowest BCUT2D eigenvalue weighted by atomic mass is 10.0. The molecule has 1 saturated carbocycles. The van der Waals surface area contributed by atoms with E-state index >= 15 is 0 Å². The summed E-state index contributed by atoms with van der Waals surface area (Å²) >= 11 is 0. The van der Waals surface area contributed by atoms with Crippen LogP contribution in [0, 0.1) is 11.8 Å². The lowest BCUT2D eigenvalue weighted by Gasteiger charge is -2.17. The van der Waals surface area contributed by atoms with E-state index in [1.165, 1.54) is 19.3 Å². The molecule has 2 N–H and O–H groups in total. The molecule has 1 fully saturated rings. The summed E-state index contributed by atoms with van der Waals surface area (Å²) in [5.74, 6) is -0.0922. The predicted molar refractivity (Wildman–Crippen MR) is 51.6 cm³/mol. The first-order valence-electron chi connectivity index (χ1n) is 5.07. The highest BCUT2D eigenvalue weighted by molar-refractivity contribution is 5.70. The van der Waals surface area contributed by atoms with Crippen molar-refractivity contribution in [2.75, 3.05) is 6.54 Å². The second kappa shape index (κ2) is 4.61. The third-order valence-corrected chi connectivity index (χ3v) is 2.86. The standard InChI is InChI=1S/C10H19NO2/c1-7(10(12)13)8(2)11-6-5-9-3-4-9/h7-9,11H,3-6H2,1-2H3,(H,12,13). The van der Waals surface area contributed by atoms with E-state index in [4.69, 9.17) is 5.11 Å². The quantitative estimate of drug-likeness (QED) is 0.659. The fraction of sp³-hybridized carbons (Fsp3) is 0.900. The summed E-state index contributed by atoms with van der Waals surface area (Å²) in [6.45, 7) is 4.65. The van der Waals surface area contributed by atoms with E-state index in [2.05, 4.69) is 5.32 Å². The molecule has 0 aromatic heterocycles. The van der Waals surface area contributed by atoms with E-state index < -0.39 is 5.97 Å². The Morgan fingerprint density at radius 2 is 2.15 bits per heavy atom. The Morgan fingerprint density at radius 3 is 2.62 bits per heavy atom. The molecule has 0 aromatic rings. The highest BCUT2D eigenvalue weighted by Crippen LogP contribution is 2.31. The van der Waals surface area contributed by atoms with Gasteiger partial charge in [-0.1, -0.05) is 19.8 Å². The Hall–Kier alpha value is -0.570. The Bertz CT molecular complexity index is 178. The molecule has 0 radical (unpaired) electrons. The van der Waals surface area contributed by atoms with Crippen LogP contribution in [-0.2, 0) is 4.79 Å². The maximum absolute atomic E-state index is 10.6. The Morgan fingerprint density at radius 1 is 1.54 bits per heavy atom. The van der Waals surface area contributed by atoms with Gasteiger partial charge in [0, 0.05) is 6.04 Å². The minimum absolute atomic E-state index is 0.0799. The average Bonchev–Trinajstić information content (AvgIpc) is 2.86. The first-order valence-corrected chi connectivity index (χ1v) is 5.07. The normalized spacial score (nSPS) is 21.1. The van der Waals surface area contributed by atoms with Gasteiger partial charge in [-0.05, 0) is 25.8 Å². The van der Waals surface area contributed by atoms with Crippen molar-refractivity contribution in [2.24, 2.45) is 11.8 Å². The SMILES string of the molecule is CC(NCCC1CC1)C(C)C(=O)O. The van der Waals surface area contributed by atoms with Crippen molar-refractivity contribution in [3.63, 3.8) is 0 Å². The second-order valence-electron chi connectivity index (χ2n) is 4.10. The molecule has 1 aliphatic rings. The van der Waals surface area contributed by atoms with E-state index in [-0.39, 0.29) is 12.0 Å². The van der Waals surface area contributed by atoms with Crippen molar-refractivity contribution in [2.45, 2.75) is 39.2 Å². The molecule has 0 amide bonds. The number of carboxylic acids is 1. The van der Waals surface area contributed by atoms with Crippen LogP contribution in [0.1, 0.15) is 33.1 Å². The highest BCUT2D eigenvalue weighted by Gasteiger charge is 2.22. The second-order valence-corrected chi connectivity index (χ2v) is 4.10. The lowest BCUT2D eigenvalue weighted by molar-refractivity contribution is -0.141. The molecule has 13 heavy (non-hydrogen) atoms. The fourth-order valence-electron chi connectivity index (χ4n) is 1.31. The van der Waals surface area contributed by atoms with Crippen LogP contribution in [0.3, 0.4) is 0 Å². The van der Waals surface area contributed by atoms with E-state index in [0.29, 0.717) is 0 Å². The summed E-state index contributed by atoms with van der Waals surface area (Å²) in [7, 11) is 0. The molecular formula is C10H19NO2. The van der Waals surface area contributed by atoms with Crippen LogP contribution in [0.4, 0.5) is 0 Å². The van der Waals surface area contributed by atoms with Gasteiger partial charge in [-0.25, -0.2) is 0 Å². The van der Waals surface area contributed by atoms with E-state index in [9.17, 15) is 4.79 Å². The molecule has 2 unspecified atom stereocenters. The molecule has 76 valence electrons. The molecular weight excluding hydrogens is 166 g/mol. The van der Waals surface area contributed by atoms with E-state index in [1.54, 1.807) is 6.92 Å². The molecule has 0 saturated heterocycles. The summed E-state index contributed by atoms with van der Waals surface area (Å²) in [4.78, 5) is 10.6. The van der Waals surface area contributed by atoms with E-state index in [1.807, 2.05) is 6.92 Å². The monoisotopic (exact) mass is 185 g/mol. The van der Waals surface area contributed by atoms with Gasteiger partial charge in [-0.3, -0.25) is 4.79 Å². The van der Waals surface area contributed by atoms with Gasteiger partial charge in [-0.2, -0.15) is 0 Å². The summed E-state index contributed by atoms with van der Waals surface area (Å²) in [6, 6.07) is 0.0799. The Labute approximate surface area is 79.5 Å². The number of carboxylic acid groups (broad SMARTS) is 1. The Balaban J connectivity index is 2.07. The molecule has 0 spiro atoms. The van der Waals surface area contributed by atoms with Crippen LogP contribution >= 0.6 is 0 Å². The van der Waals surface area contributed by atoms with Crippen molar-refractivity contribution in [3.05, 3.63) is 0 Å². The van der Waals surface area contributed by atoms with Crippen LogP contribution in [0.5, 0.6) is 0 Å². The smallest absolute Gasteiger partial charge is 0.307 e. The minimum Gasteiger partial charge on any atom is -0.481 e. The first kappa shape index (κ1) is 10.5. The summed E-state index contributed by atoms with van der Waals surface area (Å²) in [5.41, 5.74) is 0. The minimum atomic E-state index is -0.716. The zero-order valence-electron chi connectivity index (χ0n) is 8.42. The number of nitrogens with one attached hydrogen (secondary N) is 1. The topological polar surface area (TPSA) is 49.3 Å². The van der Waals surface area contributed by atoms with Crippen LogP contribution < -0.4 is 5.32 Å². The van der Waals surface area contributed by atoms with E-state index in [0.717, 1.165) is 12.5 Å². The highest BCUT2D eigenvalue weighted by atomic mass is 16.4. The van der Waals surface area contributed by atoms with Gasteiger partial charge in [0.05, 0.1) is 5.92 Å². The average molecular weight is 185 g/mol. The third kappa shape index (κ3) is 3.77. The van der Waals surface area contributed by atoms with Crippen LogP contribution in [0.25, 0.3) is 0 Å². The zero-order chi connectivity index (χ0) is 9.84. The van der Waals surface area contributed by atoms with Crippen molar-refractivity contribution in [3.8, 4) is 0 Å². The molecule has 2 atom stereocenters. The summed E-state index contributed by atoms with van der Waals surface area (Å²) < 4.78 is 0. The number of hydrogen-bond donors (Lipinski definition) is 2. The maximum Gasteiger partial charge on any atom is 0.307 e. The largest absolute Gasteiger partial charge is 0.481 e. The van der Waals surface area contributed by atoms with Gasteiger partial charge in [0.25, 0.3) is 0 Å². The van der Waals surface area contributed by atoms with Gasteiger partial charge in [-0.15, -0.1) is 0 Å². The Kier molecular flexibility index (Phi) is 3.72. The van der Waals surface area contributed by atoms with Crippen molar-refractivity contribution >= 4 is 5.97 Å². The summed E-state index contributed by atoms with van der Waals surface area (Å²) in [5, 5.41) is 12.0. The van der Waals surface area contributed by atoms with Gasteiger partial charge in [0.15, 0.2) is 0 Å². The summed E-state index contributed by atoms with van der Waals surface area (Å²) in [6.07, 6.45) is 3.94. The maximum atomic E-state index is 10.6.